The van der Waals surface area contributed by atoms with Crippen LogP contribution in [0.15, 0.2) is 182 Å². The largest absolute Gasteiger partial charge is 0.245 e. The Labute approximate surface area is 321 Å². The van der Waals surface area contributed by atoms with E-state index in [1.165, 1.54) is 0 Å². The van der Waals surface area contributed by atoms with Crippen LogP contribution in [-0.4, -0.2) is 29.9 Å². The first-order chi connectivity index (χ1) is 27.2. The molecule has 6 nitrogen and oxygen atoms in total. The minimum absolute atomic E-state index is 0.595. The minimum atomic E-state index is 0.595. The third-order valence-corrected chi connectivity index (χ3v) is 10.7. The third-order valence-electron chi connectivity index (χ3n) is 9.62. The Balaban J connectivity index is 1.10. The van der Waals surface area contributed by atoms with Crippen molar-refractivity contribution in [1.29, 1.82) is 0 Å². The number of hydrogen-bond donors (Lipinski definition) is 0. The first-order valence-electron chi connectivity index (χ1n) is 18.0. The molecule has 0 saturated heterocycles. The first kappa shape index (κ1) is 32.4. The minimum Gasteiger partial charge on any atom is -0.245 e. The predicted molar refractivity (Wildman–Crippen MR) is 224 cm³/mol. The van der Waals surface area contributed by atoms with Crippen LogP contribution in [0.25, 0.3) is 99.5 Å². The Morgan fingerprint density at radius 2 is 0.782 bits per heavy atom. The van der Waals surface area contributed by atoms with Gasteiger partial charge in [-0.2, -0.15) is 0 Å². The Hall–Kier alpha value is -7.22. The molecule has 7 heteroatoms. The molecule has 0 aliphatic rings. The van der Waals surface area contributed by atoms with Crippen molar-refractivity contribution in [2.24, 2.45) is 0 Å². The smallest absolute Gasteiger partial charge is 0.164 e. The molecule has 0 atom stereocenters. The van der Waals surface area contributed by atoms with Gasteiger partial charge in [0, 0.05) is 45.0 Å². The van der Waals surface area contributed by atoms with E-state index >= 15 is 0 Å². The second kappa shape index (κ2) is 14.0. The molecular weight excluding hydrogens is 693 g/mol. The van der Waals surface area contributed by atoms with Crippen LogP contribution in [0.5, 0.6) is 0 Å². The number of hydrogen-bond acceptors (Lipinski definition) is 7. The summed E-state index contributed by atoms with van der Waals surface area (Å²) in [6, 6.07) is 59.8. The predicted octanol–water partition coefficient (Wildman–Crippen LogP) is 12.1. The summed E-state index contributed by atoms with van der Waals surface area (Å²) >= 11 is 1.62. The van der Waals surface area contributed by atoms with Crippen molar-refractivity contribution in [3.8, 4) is 79.1 Å². The van der Waals surface area contributed by atoms with Crippen molar-refractivity contribution in [1.82, 2.24) is 29.9 Å². The molecule has 10 rings (SSSR count). The van der Waals surface area contributed by atoms with Crippen molar-refractivity contribution in [2.45, 2.75) is 0 Å². The quantitative estimate of drug-likeness (QED) is 0.163. The summed E-state index contributed by atoms with van der Waals surface area (Å²) in [6.45, 7) is 0. The summed E-state index contributed by atoms with van der Waals surface area (Å²) in [6.07, 6.45) is 1.94. The summed E-state index contributed by atoms with van der Waals surface area (Å²) < 4.78 is 0.993. The second-order valence-corrected chi connectivity index (χ2v) is 14.2. The highest BCUT2D eigenvalue weighted by atomic mass is 32.1. The van der Waals surface area contributed by atoms with Crippen molar-refractivity contribution in [3.63, 3.8) is 0 Å². The van der Waals surface area contributed by atoms with Gasteiger partial charge in [0.05, 0.1) is 15.9 Å². The molecule has 0 bridgehead atoms. The molecule has 0 amide bonds. The van der Waals surface area contributed by atoms with Gasteiger partial charge in [0.2, 0.25) is 0 Å². The lowest BCUT2D eigenvalue weighted by Crippen LogP contribution is -2.00. The van der Waals surface area contributed by atoms with E-state index in [9.17, 15) is 0 Å². The Kier molecular flexibility index (Phi) is 8.24. The molecule has 0 aliphatic carbocycles. The molecule has 0 N–H and O–H groups in total. The zero-order chi connectivity index (χ0) is 36.6. The molecule has 258 valence electrons. The monoisotopic (exact) mass is 722 g/mol. The molecule has 6 aromatic carbocycles. The van der Waals surface area contributed by atoms with Gasteiger partial charge in [0.25, 0.3) is 0 Å². The standard InChI is InChI=1S/C48H30N6S/c1-5-14-31(15-6-1)37-22-13-23-38(28-37)47-53-45(35-20-11-4-12-21-35)52-46(54-47)36-26-24-33(25-27-36)41-43-42(51-44(50-41)34-18-9-3-10-19-34)40-29-39(30-49-48(40)55-43)32-16-7-2-8-17-32/h1-30H. The maximum absolute atomic E-state index is 5.19. The fourth-order valence-electron chi connectivity index (χ4n) is 6.83. The average molecular weight is 723 g/mol. The summed E-state index contributed by atoms with van der Waals surface area (Å²) in [5.74, 6) is 2.50. The molecular formula is C48H30N6S. The molecule has 0 fully saturated rings. The van der Waals surface area contributed by atoms with Crippen LogP contribution in [-0.2, 0) is 0 Å². The van der Waals surface area contributed by atoms with Crippen molar-refractivity contribution in [2.75, 3.05) is 0 Å². The summed E-state index contributed by atoms with van der Waals surface area (Å²) in [4.78, 5) is 31.2. The van der Waals surface area contributed by atoms with Gasteiger partial charge in [-0.3, -0.25) is 0 Å². The van der Waals surface area contributed by atoms with Crippen LogP contribution < -0.4 is 0 Å². The highest BCUT2D eigenvalue weighted by molar-refractivity contribution is 7.25. The molecule has 10 aromatic rings. The molecule has 0 radical (unpaired) electrons. The number of pyridine rings is 1. The van der Waals surface area contributed by atoms with Gasteiger partial charge in [-0.05, 0) is 28.8 Å². The fraction of sp³-hybridized carbons (Fsp3) is 0. The van der Waals surface area contributed by atoms with Crippen molar-refractivity contribution < 1.29 is 0 Å². The molecule has 0 unspecified atom stereocenters. The number of rotatable bonds is 7. The van der Waals surface area contributed by atoms with Gasteiger partial charge in [-0.25, -0.2) is 29.9 Å². The van der Waals surface area contributed by atoms with E-state index in [4.69, 9.17) is 29.9 Å². The molecule has 0 spiro atoms. The molecule has 55 heavy (non-hydrogen) atoms. The second-order valence-electron chi connectivity index (χ2n) is 13.2. The topological polar surface area (TPSA) is 77.3 Å². The van der Waals surface area contributed by atoms with E-state index in [1.807, 2.05) is 79.0 Å². The van der Waals surface area contributed by atoms with E-state index in [0.717, 1.165) is 76.2 Å². The fourth-order valence-corrected chi connectivity index (χ4v) is 7.90. The molecule has 0 aliphatic heterocycles. The molecule has 0 saturated carbocycles. The lowest BCUT2D eigenvalue weighted by molar-refractivity contribution is 1.07. The van der Waals surface area contributed by atoms with E-state index in [1.54, 1.807) is 11.3 Å². The van der Waals surface area contributed by atoms with Crippen LogP contribution in [0.1, 0.15) is 0 Å². The van der Waals surface area contributed by atoms with Crippen LogP contribution in [0.2, 0.25) is 0 Å². The number of aromatic nitrogens is 6. The Bertz CT molecular complexity index is 2950. The van der Waals surface area contributed by atoms with Crippen LogP contribution >= 0.6 is 11.3 Å². The average Bonchev–Trinajstić information content (AvgIpc) is 3.65. The van der Waals surface area contributed by atoms with Crippen LogP contribution in [0.4, 0.5) is 0 Å². The van der Waals surface area contributed by atoms with E-state index < -0.39 is 0 Å². The zero-order valence-electron chi connectivity index (χ0n) is 29.4. The lowest BCUT2D eigenvalue weighted by atomic mass is 10.0. The van der Waals surface area contributed by atoms with Crippen molar-refractivity contribution in [3.05, 3.63) is 182 Å². The molecule has 4 aromatic heterocycles. The first-order valence-corrected chi connectivity index (χ1v) is 18.8. The Morgan fingerprint density at radius 3 is 1.38 bits per heavy atom. The number of benzene rings is 6. The van der Waals surface area contributed by atoms with Gasteiger partial charge in [-0.1, -0.05) is 164 Å². The number of fused-ring (bicyclic) bond motifs is 3. The Morgan fingerprint density at radius 1 is 0.327 bits per heavy atom. The normalized spacial score (nSPS) is 11.3. The maximum Gasteiger partial charge on any atom is 0.164 e. The summed E-state index contributed by atoms with van der Waals surface area (Å²) in [5, 5.41) is 1.02. The van der Waals surface area contributed by atoms with Crippen molar-refractivity contribution >= 4 is 31.8 Å². The van der Waals surface area contributed by atoms with Gasteiger partial charge < -0.3 is 0 Å². The van der Waals surface area contributed by atoms with Gasteiger partial charge in [0.15, 0.2) is 23.3 Å². The lowest BCUT2D eigenvalue weighted by Gasteiger charge is -2.10. The highest BCUT2D eigenvalue weighted by Crippen LogP contribution is 2.40. The summed E-state index contributed by atoms with van der Waals surface area (Å²) in [5.41, 5.74) is 10.8. The van der Waals surface area contributed by atoms with Gasteiger partial charge >= 0.3 is 0 Å². The van der Waals surface area contributed by atoms with E-state index in [-0.39, 0.29) is 0 Å². The SMILES string of the molecule is c1ccc(-c2cccc(-c3nc(-c4ccccc4)nc(-c4ccc(-c5nc(-c6ccccc6)nc6c5sc5ncc(-c7ccccc7)cc56)cc4)n3)c2)cc1. The third kappa shape index (κ3) is 6.33. The van der Waals surface area contributed by atoms with Crippen LogP contribution in [0.3, 0.4) is 0 Å². The number of nitrogens with zero attached hydrogens (tertiary/aromatic N) is 6. The van der Waals surface area contributed by atoms with E-state index in [0.29, 0.717) is 23.3 Å². The van der Waals surface area contributed by atoms with E-state index in [2.05, 4.69) is 103 Å². The zero-order valence-corrected chi connectivity index (χ0v) is 30.2. The highest BCUT2D eigenvalue weighted by Gasteiger charge is 2.19. The number of thiophene rings is 1. The van der Waals surface area contributed by atoms with Gasteiger partial charge in [0.1, 0.15) is 4.83 Å². The molecule has 4 heterocycles. The maximum atomic E-state index is 5.19. The summed E-state index contributed by atoms with van der Waals surface area (Å²) in [7, 11) is 0. The van der Waals surface area contributed by atoms with Gasteiger partial charge in [-0.15, -0.1) is 11.3 Å². The van der Waals surface area contributed by atoms with Crippen LogP contribution in [0, 0.1) is 0 Å².